The Hall–Kier alpha value is -1.88. The number of furan rings is 1. The molecular weight excluding hydrogens is 294 g/mol. The van der Waals surface area contributed by atoms with Crippen molar-refractivity contribution < 1.29 is 4.42 Å². The molecule has 0 aliphatic heterocycles. The third kappa shape index (κ3) is 2.29. The molecule has 3 aromatic heterocycles. The van der Waals surface area contributed by atoms with Crippen molar-refractivity contribution in [3.8, 4) is 0 Å². The molecule has 0 saturated heterocycles. The molecule has 4 nitrogen and oxygen atoms in total. The van der Waals surface area contributed by atoms with Gasteiger partial charge in [0.1, 0.15) is 16.9 Å². The van der Waals surface area contributed by atoms with Crippen LogP contribution in [0.2, 0.25) is 0 Å². The van der Waals surface area contributed by atoms with Crippen LogP contribution in [0.3, 0.4) is 0 Å². The van der Waals surface area contributed by atoms with Gasteiger partial charge in [0.25, 0.3) is 0 Å². The van der Waals surface area contributed by atoms with Crippen molar-refractivity contribution in [3.63, 3.8) is 0 Å². The van der Waals surface area contributed by atoms with Crippen LogP contribution in [0.25, 0.3) is 22.2 Å². The van der Waals surface area contributed by atoms with Crippen molar-refractivity contribution in [3.05, 3.63) is 35.8 Å². The van der Waals surface area contributed by atoms with Crippen LogP contribution in [0.15, 0.2) is 34.0 Å². The zero-order valence-corrected chi connectivity index (χ0v) is 13.4. The van der Waals surface area contributed by atoms with E-state index in [1.54, 1.807) is 18.1 Å². The summed E-state index contributed by atoms with van der Waals surface area (Å²) in [7, 11) is 0. The summed E-state index contributed by atoms with van der Waals surface area (Å²) in [6.45, 7) is 5.95. The number of hydrogen-bond donors (Lipinski definition) is 0. The van der Waals surface area contributed by atoms with E-state index in [-0.39, 0.29) is 0 Å². The average Bonchev–Trinajstić information content (AvgIpc) is 2.88. The fourth-order valence-electron chi connectivity index (χ4n) is 2.89. The molecule has 0 saturated carbocycles. The maximum Gasteiger partial charge on any atom is 0.229 e. The van der Waals surface area contributed by atoms with E-state index in [1.807, 2.05) is 6.92 Å². The summed E-state index contributed by atoms with van der Waals surface area (Å²) >= 11 is 1.63. The summed E-state index contributed by atoms with van der Waals surface area (Å²) in [5.41, 5.74) is 5.95. The lowest BCUT2D eigenvalue weighted by atomic mass is 9.95. The maximum absolute atomic E-state index is 6.00. The topological polar surface area (TPSA) is 51.8 Å². The highest BCUT2D eigenvalue weighted by molar-refractivity contribution is 7.99. The Morgan fingerprint density at radius 1 is 1.32 bits per heavy atom. The molecule has 0 unspecified atom stereocenters. The number of rotatable bonds is 3. The second-order valence-electron chi connectivity index (χ2n) is 5.86. The smallest absolute Gasteiger partial charge is 0.229 e. The second kappa shape index (κ2) is 5.39. The predicted octanol–water partition coefficient (Wildman–Crippen LogP) is 4.32. The van der Waals surface area contributed by atoms with E-state index in [9.17, 15) is 0 Å². The molecule has 0 atom stereocenters. The van der Waals surface area contributed by atoms with Crippen LogP contribution in [-0.4, -0.2) is 20.7 Å². The molecule has 0 aromatic carbocycles. The number of thioether (sulfide) groups is 1. The first kappa shape index (κ1) is 13.8. The Kier molecular flexibility index (Phi) is 3.37. The van der Waals surface area contributed by atoms with Crippen LogP contribution in [0.1, 0.15) is 31.0 Å². The number of aryl methyl sites for hydroxylation is 2. The van der Waals surface area contributed by atoms with E-state index >= 15 is 0 Å². The Bertz CT molecular complexity index is 884. The van der Waals surface area contributed by atoms with Crippen molar-refractivity contribution in [1.29, 1.82) is 0 Å². The van der Waals surface area contributed by atoms with Crippen molar-refractivity contribution >= 4 is 34.0 Å². The quantitative estimate of drug-likeness (QED) is 0.409. The number of aromatic nitrogens is 3. The van der Waals surface area contributed by atoms with Crippen molar-refractivity contribution in [2.75, 3.05) is 5.75 Å². The predicted molar refractivity (Wildman–Crippen MR) is 89.3 cm³/mol. The summed E-state index contributed by atoms with van der Waals surface area (Å²) in [6, 6.07) is 2.21. The summed E-state index contributed by atoms with van der Waals surface area (Å²) in [5, 5.41) is 1.87. The van der Waals surface area contributed by atoms with Gasteiger partial charge in [0, 0.05) is 11.4 Å². The highest BCUT2D eigenvalue weighted by Crippen LogP contribution is 2.34. The molecule has 1 aliphatic carbocycles. The van der Waals surface area contributed by atoms with Crippen LogP contribution >= 0.6 is 11.8 Å². The van der Waals surface area contributed by atoms with Gasteiger partial charge in [-0.25, -0.2) is 15.0 Å². The molecule has 0 radical (unpaired) electrons. The molecule has 112 valence electrons. The zero-order chi connectivity index (χ0) is 15.1. The highest BCUT2D eigenvalue weighted by atomic mass is 32.2. The number of pyridine rings is 1. The van der Waals surface area contributed by atoms with Gasteiger partial charge >= 0.3 is 0 Å². The molecule has 5 heteroatoms. The highest BCUT2D eigenvalue weighted by Gasteiger charge is 2.18. The molecule has 0 spiro atoms. The van der Waals surface area contributed by atoms with E-state index in [1.165, 1.54) is 24.1 Å². The normalized spacial score (nSPS) is 14.4. The molecule has 4 rings (SSSR count). The first-order valence-electron chi connectivity index (χ1n) is 7.55. The van der Waals surface area contributed by atoms with Crippen molar-refractivity contribution in [1.82, 2.24) is 15.0 Å². The molecule has 3 aromatic rings. The van der Waals surface area contributed by atoms with Crippen LogP contribution in [0.4, 0.5) is 0 Å². The molecule has 0 fully saturated rings. The fraction of sp³-hybridized carbons (Fsp3) is 0.353. The summed E-state index contributed by atoms with van der Waals surface area (Å²) in [5.74, 6) is 0.826. The van der Waals surface area contributed by atoms with Gasteiger partial charge in [-0.2, -0.15) is 0 Å². The first-order chi connectivity index (χ1) is 10.7. The molecule has 1 aliphatic rings. The number of fused-ring (bicyclic) bond motifs is 4. The Morgan fingerprint density at radius 3 is 3.05 bits per heavy atom. The van der Waals surface area contributed by atoms with Gasteiger partial charge in [-0.3, -0.25) is 0 Å². The van der Waals surface area contributed by atoms with Crippen molar-refractivity contribution in [2.24, 2.45) is 0 Å². The standard InChI is InChI=1S/C17H17N3OS/c1-10(2)8-22-17-15-14(18-9-19-17)12-7-11-5-3-4-6-13(11)20-16(12)21-15/h7,9H,1,3-6,8H2,2H3. The maximum atomic E-state index is 6.00. The molecule has 0 bridgehead atoms. The van der Waals surface area contributed by atoms with Gasteiger partial charge in [0.15, 0.2) is 5.58 Å². The lowest BCUT2D eigenvalue weighted by Gasteiger charge is -2.13. The van der Waals surface area contributed by atoms with Crippen LogP contribution in [0, 0.1) is 0 Å². The van der Waals surface area contributed by atoms with Gasteiger partial charge in [-0.05, 0) is 44.2 Å². The molecule has 3 heterocycles. The summed E-state index contributed by atoms with van der Waals surface area (Å²) < 4.78 is 6.00. The van der Waals surface area contributed by atoms with Crippen LogP contribution in [0.5, 0.6) is 0 Å². The van der Waals surface area contributed by atoms with Gasteiger partial charge < -0.3 is 4.42 Å². The Morgan fingerprint density at radius 2 is 2.18 bits per heavy atom. The summed E-state index contributed by atoms with van der Waals surface area (Å²) in [4.78, 5) is 13.5. The number of nitrogens with zero attached hydrogens (tertiary/aromatic N) is 3. The minimum absolute atomic E-state index is 0.688. The van der Waals surface area contributed by atoms with Gasteiger partial charge in [0.05, 0.1) is 5.39 Å². The van der Waals surface area contributed by atoms with E-state index in [0.29, 0.717) is 5.71 Å². The fourth-order valence-corrected chi connectivity index (χ4v) is 3.67. The van der Waals surface area contributed by atoms with Gasteiger partial charge in [0.2, 0.25) is 5.71 Å². The molecule has 0 N–H and O–H groups in total. The minimum atomic E-state index is 0.688. The Labute approximate surface area is 133 Å². The third-order valence-corrected chi connectivity index (χ3v) is 5.15. The minimum Gasteiger partial charge on any atom is -0.433 e. The first-order valence-corrected chi connectivity index (χ1v) is 8.54. The molecule has 0 amide bonds. The van der Waals surface area contributed by atoms with Gasteiger partial charge in [-0.1, -0.05) is 23.9 Å². The molecule has 22 heavy (non-hydrogen) atoms. The summed E-state index contributed by atoms with van der Waals surface area (Å²) in [6.07, 6.45) is 6.21. The number of hydrogen-bond acceptors (Lipinski definition) is 5. The lowest BCUT2D eigenvalue weighted by molar-refractivity contribution is 0.624. The van der Waals surface area contributed by atoms with Crippen molar-refractivity contribution in [2.45, 2.75) is 37.6 Å². The van der Waals surface area contributed by atoms with E-state index in [2.05, 4.69) is 22.6 Å². The van der Waals surface area contributed by atoms with E-state index < -0.39 is 0 Å². The average molecular weight is 311 g/mol. The zero-order valence-electron chi connectivity index (χ0n) is 12.6. The largest absolute Gasteiger partial charge is 0.433 e. The second-order valence-corrected chi connectivity index (χ2v) is 6.82. The van der Waals surface area contributed by atoms with E-state index in [0.717, 1.165) is 45.7 Å². The SMILES string of the molecule is C=C(C)CSc1ncnc2c1oc1nc3c(cc12)CCCC3. The third-order valence-electron chi connectivity index (χ3n) is 3.95. The van der Waals surface area contributed by atoms with Crippen LogP contribution < -0.4 is 0 Å². The lowest BCUT2D eigenvalue weighted by Crippen LogP contribution is -2.04. The van der Waals surface area contributed by atoms with Gasteiger partial charge in [-0.15, -0.1) is 0 Å². The molecular formula is C17H17N3OS. The monoisotopic (exact) mass is 311 g/mol. The van der Waals surface area contributed by atoms with Crippen LogP contribution in [-0.2, 0) is 12.8 Å². The van der Waals surface area contributed by atoms with E-state index in [4.69, 9.17) is 9.40 Å². The Balaban J connectivity index is 1.89.